The third kappa shape index (κ3) is 3.41. The van der Waals surface area contributed by atoms with Crippen LogP contribution in [0.1, 0.15) is 5.69 Å². The maximum Gasteiger partial charge on any atom is 0.442 e. The molecule has 0 amide bonds. The molecule has 0 saturated heterocycles. The lowest BCUT2D eigenvalue weighted by Gasteiger charge is -2.08. The number of benzene rings is 2. The van der Waals surface area contributed by atoms with E-state index in [1.807, 2.05) is 53.9 Å². The van der Waals surface area contributed by atoms with Gasteiger partial charge in [-0.3, -0.25) is 9.09 Å². The molecule has 0 saturated carbocycles. The standard InChI is InChI=1S/C20H17N3O4S/c1-25-16-9-8-14(10-17(16)26-2)19-21-15(12-28-19)11-23-18(22-27-20(23)24)13-6-4-3-5-7-13/h3-10,12H,11H2,1-2H3. The molecule has 0 unspecified atom stereocenters. The van der Waals surface area contributed by atoms with Crippen LogP contribution < -0.4 is 15.2 Å². The number of ether oxygens (including phenoxy) is 2. The third-order valence-electron chi connectivity index (χ3n) is 4.22. The average molecular weight is 395 g/mol. The van der Waals surface area contributed by atoms with Crippen LogP contribution in [0.3, 0.4) is 0 Å². The first kappa shape index (κ1) is 18.0. The molecule has 0 aliphatic heterocycles. The molecule has 4 aromatic rings. The molecule has 0 fully saturated rings. The molecule has 7 nitrogen and oxygen atoms in total. The second-order valence-electron chi connectivity index (χ2n) is 5.94. The fraction of sp³-hybridized carbons (Fsp3) is 0.150. The van der Waals surface area contributed by atoms with Crippen molar-refractivity contribution in [1.29, 1.82) is 0 Å². The van der Waals surface area contributed by atoms with Crippen LogP contribution in [0, 0.1) is 0 Å². The molecule has 4 rings (SSSR count). The molecular formula is C20H17N3O4S. The number of hydrogen-bond acceptors (Lipinski definition) is 7. The van der Waals surface area contributed by atoms with Gasteiger partial charge in [-0.25, -0.2) is 9.78 Å². The Kier molecular flexibility index (Phi) is 4.94. The van der Waals surface area contributed by atoms with E-state index >= 15 is 0 Å². The highest BCUT2D eigenvalue weighted by atomic mass is 32.1. The van der Waals surface area contributed by atoms with Crippen LogP contribution in [-0.2, 0) is 6.54 Å². The maximum absolute atomic E-state index is 12.1. The van der Waals surface area contributed by atoms with E-state index in [9.17, 15) is 4.79 Å². The van der Waals surface area contributed by atoms with Crippen molar-refractivity contribution in [3.05, 3.63) is 70.2 Å². The van der Waals surface area contributed by atoms with E-state index in [0.717, 1.165) is 21.8 Å². The van der Waals surface area contributed by atoms with Gasteiger partial charge in [-0.2, -0.15) is 0 Å². The van der Waals surface area contributed by atoms with E-state index in [1.165, 1.54) is 15.9 Å². The van der Waals surface area contributed by atoms with Crippen LogP contribution in [0.4, 0.5) is 0 Å². The number of aromatic nitrogens is 3. The smallest absolute Gasteiger partial charge is 0.442 e. The predicted molar refractivity (Wildman–Crippen MR) is 106 cm³/mol. The molecule has 0 bridgehead atoms. The summed E-state index contributed by atoms with van der Waals surface area (Å²) in [4.78, 5) is 16.8. The number of methoxy groups -OCH3 is 2. The van der Waals surface area contributed by atoms with Crippen molar-refractivity contribution in [2.45, 2.75) is 6.54 Å². The summed E-state index contributed by atoms with van der Waals surface area (Å²) in [7, 11) is 3.19. The van der Waals surface area contributed by atoms with Gasteiger partial charge in [0.15, 0.2) is 17.3 Å². The van der Waals surface area contributed by atoms with Gasteiger partial charge in [0.2, 0.25) is 0 Å². The summed E-state index contributed by atoms with van der Waals surface area (Å²) < 4.78 is 17.0. The SMILES string of the molecule is COc1ccc(-c2nc(Cn3c(-c4ccccc4)noc3=O)cs2)cc1OC. The molecule has 0 radical (unpaired) electrons. The van der Waals surface area contributed by atoms with Gasteiger partial charge in [-0.1, -0.05) is 35.5 Å². The van der Waals surface area contributed by atoms with E-state index in [0.29, 0.717) is 17.3 Å². The minimum atomic E-state index is -0.514. The van der Waals surface area contributed by atoms with Crippen LogP contribution in [-0.4, -0.2) is 28.9 Å². The number of nitrogens with zero attached hydrogens (tertiary/aromatic N) is 3. The van der Waals surface area contributed by atoms with Crippen molar-refractivity contribution in [3.8, 4) is 33.5 Å². The highest BCUT2D eigenvalue weighted by Gasteiger charge is 2.15. The summed E-state index contributed by atoms with van der Waals surface area (Å²) in [6.07, 6.45) is 0. The molecule has 2 heterocycles. The van der Waals surface area contributed by atoms with Gasteiger partial charge >= 0.3 is 5.76 Å². The quantitative estimate of drug-likeness (QED) is 0.495. The Hall–Kier alpha value is -3.39. The number of thiazole rings is 1. The zero-order valence-corrected chi connectivity index (χ0v) is 16.1. The van der Waals surface area contributed by atoms with E-state index in [-0.39, 0.29) is 6.54 Å². The van der Waals surface area contributed by atoms with Gasteiger partial charge in [0.25, 0.3) is 0 Å². The fourth-order valence-electron chi connectivity index (χ4n) is 2.85. The van der Waals surface area contributed by atoms with Gasteiger partial charge in [0.1, 0.15) is 5.01 Å². The minimum absolute atomic E-state index is 0.274. The van der Waals surface area contributed by atoms with Crippen molar-refractivity contribution in [2.24, 2.45) is 0 Å². The van der Waals surface area contributed by atoms with Gasteiger partial charge in [0.05, 0.1) is 26.5 Å². The molecule has 0 atom stereocenters. The molecule has 0 aliphatic rings. The molecular weight excluding hydrogens is 378 g/mol. The number of rotatable bonds is 6. The lowest BCUT2D eigenvalue weighted by atomic mass is 10.2. The average Bonchev–Trinajstić information content (AvgIpc) is 3.35. The van der Waals surface area contributed by atoms with Gasteiger partial charge in [0, 0.05) is 16.5 Å². The maximum atomic E-state index is 12.1. The van der Waals surface area contributed by atoms with Gasteiger partial charge in [-0.15, -0.1) is 11.3 Å². The van der Waals surface area contributed by atoms with Crippen molar-refractivity contribution in [2.75, 3.05) is 14.2 Å². The molecule has 0 aliphatic carbocycles. The highest BCUT2D eigenvalue weighted by molar-refractivity contribution is 7.13. The van der Waals surface area contributed by atoms with Crippen LogP contribution in [0.15, 0.2) is 63.2 Å². The first-order chi connectivity index (χ1) is 13.7. The Morgan fingerprint density at radius 1 is 1.04 bits per heavy atom. The predicted octanol–water partition coefficient (Wildman–Crippen LogP) is 3.69. The van der Waals surface area contributed by atoms with E-state index in [1.54, 1.807) is 14.2 Å². The minimum Gasteiger partial charge on any atom is -0.493 e. The topological polar surface area (TPSA) is 79.4 Å². The number of hydrogen-bond donors (Lipinski definition) is 0. The van der Waals surface area contributed by atoms with Crippen LogP contribution in [0.5, 0.6) is 11.5 Å². The summed E-state index contributed by atoms with van der Waals surface area (Å²) >= 11 is 1.49. The first-order valence-electron chi connectivity index (χ1n) is 8.48. The van der Waals surface area contributed by atoms with Crippen LogP contribution >= 0.6 is 11.3 Å². The Balaban J connectivity index is 1.64. The van der Waals surface area contributed by atoms with E-state index < -0.39 is 5.76 Å². The van der Waals surface area contributed by atoms with Crippen molar-refractivity contribution in [3.63, 3.8) is 0 Å². The summed E-state index contributed by atoms with van der Waals surface area (Å²) in [5, 5.41) is 6.65. The van der Waals surface area contributed by atoms with Gasteiger partial charge in [-0.05, 0) is 18.2 Å². The second kappa shape index (κ2) is 7.69. The van der Waals surface area contributed by atoms with Gasteiger partial charge < -0.3 is 9.47 Å². The Morgan fingerprint density at radius 3 is 2.57 bits per heavy atom. The largest absolute Gasteiger partial charge is 0.493 e. The molecule has 2 aromatic heterocycles. The van der Waals surface area contributed by atoms with Crippen molar-refractivity contribution >= 4 is 11.3 Å². The summed E-state index contributed by atoms with van der Waals surface area (Å²) in [6.45, 7) is 0.274. The zero-order chi connectivity index (χ0) is 19.5. The van der Waals surface area contributed by atoms with E-state index in [2.05, 4.69) is 10.1 Å². The summed E-state index contributed by atoms with van der Waals surface area (Å²) in [5.74, 6) is 1.26. The van der Waals surface area contributed by atoms with E-state index in [4.69, 9.17) is 14.0 Å². The summed E-state index contributed by atoms with van der Waals surface area (Å²) in [6, 6.07) is 15.1. The normalized spacial score (nSPS) is 10.8. The third-order valence-corrected chi connectivity index (χ3v) is 5.16. The first-order valence-corrected chi connectivity index (χ1v) is 9.36. The van der Waals surface area contributed by atoms with Crippen molar-refractivity contribution < 1.29 is 14.0 Å². The molecule has 0 spiro atoms. The molecule has 0 N–H and O–H groups in total. The van der Waals surface area contributed by atoms with Crippen LogP contribution in [0.2, 0.25) is 0 Å². The van der Waals surface area contributed by atoms with Crippen molar-refractivity contribution in [1.82, 2.24) is 14.7 Å². The monoisotopic (exact) mass is 395 g/mol. The van der Waals surface area contributed by atoms with Crippen LogP contribution in [0.25, 0.3) is 22.0 Å². The molecule has 142 valence electrons. The lowest BCUT2D eigenvalue weighted by Crippen LogP contribution is -2.16. The fourth-order valence-corrected chi connectivity index (χ4v) is 3.65. The Bertz CT molecular complexity index is 1150. The highest BCUT2D eigenvalue weighted by Crippen LogP contribution is 2.33. The zero-order valence-electron chi connectivity index (χ0n) is 15.3. The molecule has 2 aromatic carbocycles. The molecule has 8 heteroatoms. The lowest BCUT2D eigenvalue weighted by molar-refractivity contribution is 0.355. The Labute approximate surface area is 164 Å². The second-order valence-corrected chi connectivity index (χ2v) is 6.80. The Morgan fingerprint density at radius 2 is 1.82 bits per heavy atom. The molecule has 28 heavy (non-hydrogen) atoms. The summed E-state index contributed by atoms with van der Waals surface area (Å²) in [5.41, 5.74) is 2.47.